The third-order valence-electron chi connectivity index (χ3n) is 5.85. The van der Waals surface area contributed by atoms with Crippen molar-refractivity contribution in [3.8, 4) is 11.5 Å². The molecule has 1 heterocycles. The Labute approximate surface area is 234 Å². The van der Waals surface area contributed by atoms with Gasteiger partial charge in [0.2, 0.25) is 0 Å². The normalized spacial score (nSPS) is 12.3. The summed E-state index contributed by atoms with van der Waals surface area (Å²) >= 11 is 15.6. The lowest BCUT2D eigenvalue weighted by atomic mass is 10.1. The highest BCUT2D eigenvalue weighted by Crippen LogP contribution is 2.30. The molecule has 0 saturated heterocycles. The quantitative estimate of drug-likeness (QED) is 0.183. The van der Waals surface area contributed by atoms with E-state index in [1.165, 1.54) is 4.68 Å². The smallest absolute Gasteiger partial charge is 0.282 e. The largest absolute Gasteiger partial charge is 0.490 e. The molecule has 0 unspecified atom stereocenters. The van der Waals surface area contributed by atoms with Gasteiger partial charge in [0.15, 0.2) is 11.5 Å². The third kappa shape index (κ3) is 6.35. The van der Waals surface area contributed by atoms with Gasteiger partial charge in [-0.2, -0.15) is 9.78 Å². The van der Waals surface area contributed by atoms with Crippen molar-refractivity contribution in [1.82, 2.24) is 9.66 Å². The van der Waals surface area contributed by atoms with Gasteiger partial charge < -0.3 is 9.47 Å². The zero-order chi connectivity index (χ0) is 26.5. The molecule has 0 aliphatic rings. The van der Waals surface area contributed by atoms with Crippen LogP contribution in [-0.4, -0.2) is 22.5 Å². The minimum atomic E-state index is -0.218. The Morgan fingerprint density at radius 1 is 1.03 bits per heavy atom. The van der Waals surface area contributed by atoms with Crippen molar-refractivity contribution >= 4 is 56.2 Å². The molecule has 4 rings (SSSR count). The predicted octanol–water partition coefficient (Wildman–Crippen LogP) is 7.84. The van der Waals surface area contributed by atoms with Crippen molar-refractivity contribution in [2.24, 2.45) is 5.10 Å². The molecule has 0 aliphatic carbocycles. The van der Waals surface area contributed by atoms with E-state index < -0.39 is 0 Å². The first kappa shape index (κ1) is 27.2. The van der Waals surface area contributed by atoms with Gasteiger partial charge in [0.25, 0.3) is 5.56 Å². The second-order valence-corrected chi connectivity index (χ2v) is 10.2. The molecule has 9 heteroatoms. The van der Waals surface area contributed by atoms with E-state index >= 15 is 0 Å². The Balaban J connectivity index is 1.66. The summed E-state index contributed by atoms with van der Waals surface area (Å²) < 4.78 is 14.0. The van der Waals surface area contributed by atoms with E-state index in [0.717, 1.165) is 22.0 Å². The molecule has 1 aromatic heterocycles. The lowest BCUT2D eigenvalue weighted by molar-refractivity contribution is 0.269. The zero-order valence-electron chi connectivity index (χ0n) is 20.7. The van der Waals surface area contributed by atoms with Gasteiger partial charge in [-0.1, -0.05) is 59.0 Å². The maximum atomic E-state index is 13.4. The lowest BCUT2D eigenvalue weighted by Crippen LogP contribution is -2.23. The van der Waals surface area contributed by atoms with Gasteiger partial charge >= 0.3 is 0 Å². The van der Waals surface area contributed by atoms with E-state index in [-0.39, 0.29) is 11.5 Å². The van der Waals surface area contributed by atoms with Crippen molar-refractivity contribution in [3.63, 3.8) is 0 Å². The van der Waals surface area contributed by atoms with Crippen LogP contribution in [0.15, 0.2) is 69.0 Å². The minimum absolute atomic E-state index is 0.0500. The summed E-state index contributed by atoms with van der Waals surface area (Å²) in [7, 11) is 0. The fraction of sp³-hybridized carbons (Fsp3) is 0.250. The minimum Gasteiger partial charge on any atom is -0.490 e. The van der Waals surface area contributed by atoms with Gasteiger partial charge in [-0.15, -0.1) is 0 Å². The van der Waals surface area contributed by atoms with Gasteiger partial charge in [-0.05, 0) is 73.0 Å². The number of hydrogen-bond acceptors (Lipinski definition) is 5. The van der Waals surface area contributed by atoms with Crippen molar-refractivity contribution < 1.29 is 9.47 Å². The molecular weight excluding hydrogens is 577 g/mol. The van der Waals surface area contributed by atoms with E-state index in [9.17, 15) is 4.79 Å². The average Bonchev–Trinajstić information content (AvgIpc) is 2.89. The van der Waals surface area contributed by atoms with Crippen molar-refractivity contribution in [2.45, 2.75) is 39.7 Å². The molecule has 0 spiro atoms. The second-order valence-electron chi connectivity index (χ2n) is 8.48. The van der Waals surface area contributed by atoms with E-state index in [0.29, 0.717) is 51.5 Å². The maximum absolute atomic E-state index is 13.4. The number of nitrogens with zero attached hydrogens (tertiary/aromatic N) is 3. The zero-order valence-corrected chi connectivity index (χ0v) is 23.8. The molecule has 4 aromatic rings. The van der Waals surface area contributed by atoms with Gasteiger partial charge in [0, 0.05) is 10.4 Å². The van der Waals surface area contributed by atoms with Crippen molar-refractivity contribution in [2.75, 3.05) is 6.61 Å². The van der Waals surface area contributed by atoms with Gasteiger partial charge in [-0.3, -0.25) is 4.79 Å². The molecule has 0 amide bonds. The number of benzene rings is 3. The molecule has 0 aliphatic heterocycles. The molecule has 37 heavy (non-hydrogen) atoms. The van der Waals surface area contributed by atoms with Crippen LogP contribution in [0.1, 0.15) is 50.1 Å². The van der Waals surface area contributed by atoms with Crippen LogP contribution in [0, 0.1) is 0 Å². The fourth-order valence-corrected chi connectivity index (χ4v) is 4.37. The van der Waals surface area contributed by atoms with Crippen LogP contribution in [-0.2, 0) is 6.61 Å². The van der Waals surface area contributed by atoms with E-state index in [4.69, 9.17) is 37.7 Å². The molecule has 0 radical (unpaired) electrons. The number of fused-ring (bicyclic) bond motifs is 1. The summed E-state index contributed by atoms with van der Waals surface area (Å²) in [6, 6.07) is 16.4. The molecule has 192 valence electrons. The lowest BCUT2D eigenvalue weighted by Gasteiger charge is -2.14. The highest BCUT2D eigenvalue weighted by atomic mass is 79.9. The molecule has 1 atom stereocenters. The van der Waals surface area contributed by atoms with Crippen LogP contribution in [0.2, 0.25) is 10.0 Å². The monoisotopic (exact) mass is 601 g/mol. The van der Waals surface area contributed by atoms with Gasteiger partial charge in [-0.25, -0.2) is 4.98 Å². The molecule has 0 bridgehead atoms. The highest BCUT2D eigenvalue weighted by Gasteiger charge is 2.16. The van der Waals surface area contributed by atoms with Gasteiger partial charge in [0.1, 0.15) is 12.4 Å². The Bertz CT molecular complexity index is 1520. The first-order valence-electron chi connectivity index (χ1n) is 11.9. The molecule has 6 nitrogen and oxygen atoms in total. The fourth-order valence-electron chi connectivity index (χ4n) is 3.69. The Kier molecular flexibility index (Phi) is 8.90. The summed E-state index contributed by atoms with van der Waals surface area (Å²) in [6.45, 7) is 6.76. The third-order valence-corrected chi connectivity index (χ3v) is 7.09. The number of hydrogen-bond donors (Lipinski definition) is 0. The maximum Gasteiger partial charge on any atom is 0.282 e. The standard InChI is InChI=1S/C28H26BrCl2N3O3/c1-4-17(3)27-33-24-10-8-20(29)14-21(24)28(35)34(27)32-15-18-7-11-25(26(13-18)36-5-2)37-16-19-6-9-22(30)23(31)12-19/h6-15,17H,4-5,16H2,1-3H3/t17-/m0/s1. The molecular formula is C28H26BrCl2N3O3. The molecule has 0 N–H and O–H groups in total. The summed E-state index contributed by atoms with van der Waals surface area (Å²) in [5.41, 5.74) is 2.07. The van der Waals surface area contributed by atoms with Crippen LogP contribution in [0.5, 0.6) is 11.5 Å². The summed E-state index contributed by atoms with van der Waals surface area (Å²) in [4.78, 5) is 18.1. The van der Waals surface area contributed by atoms with Crippen LogP contribution in [0.4, 0.5) is 0 Å². The Hall–Kier alpha value is -2.87. The summed E-state index contributed by atoms with van der Waals surface area (Å²) in [5, 5.41) is 6.01. The Morgan fingerprint density at radius 2 is 1.84 bits per heavy atom. The van der Waals surface area contributed by atoms with Gasteiger partial charge in [0.05, 0.1) is 33.8 Å². The molecule has 0 fully saturated rings. The first-order valence-corrected chi connectivity index (χ1v) is 13.5. The van der Waals surface area contributed by atoms with Crippen LogP contribution in [0.25, 0.3) is 10.9 Å². The van der Waals surface area contributed by atoms with Crippen LogP contribution >= 0.6 is 39.1 Å². The second kappa shape index (κ2) is 12.1. The average molecular weight is 603 g/mol. The molecule has 0 saturated carbocycles. The van der Waals surface area contributed by atoms with E-state index in [2.05, 4.69) is 28.0 Å². The van der Waals surface area contributed by atoms with Crippen LogP contribution < -0.4 is 15.0 Å². The number of rotatable bonds is 9. The topological polar surface area (TPSA) is 65.7 Å². The highest BCUT2D eigenvalue weighted by molar-refractivity contribution is 9.10. The summed E-state index contributed by atoms with van der Waals surface area (Å²) in [6.07, 6.45) is 2.45. The number of halogens is 3. The van der Waals surface area contributed by atoms with Crippen molar-refractivity contribution in [1.29, 1.82) is 0 Å². The van der Waals surface area contributed by atoms with E-state index in [1.807, 2.05) is 50.2 Å². The summed E-state index contributed by atoms with van der Waals surface area (Å²) in [5.74, 6) is 1.82. The molecule has 3 aromatic carbocycles. The SMILES string of the molecule is CCOc1cc(C=Nn2c([C@@H](C)CC)nc3ccc(Br)cc3c2=O)ccc1OCc1ccc(Cl)c(Cl)c1. The first-order chi connectivity index (χ1) is 17.8. The Morgan fingerprint density at radius 3 is 2.57 bits per heavy atom. The van der Waals surface area contributed by atoms with Crippen molar-refractivity contribution in [3.05, 3.63) is 96.4 Å². The van der Waals surface area contributed by atoms with E-state index in [1.54, 1.807) is 24.4 Å². The predicted molar refractivity (Wildman–Crippen MR) is 154 cm³/mol. The van der Waals surface area contributed by atoms with Crippen LogP contribution in [0.3, 0.4) is 0 Å². The number of aromatic nitrogens is 2. The number of ether oxygens (including phenoxy) is 2.